The summed E-state index contributed by atoms with van der Waals surface area (Å²) in [6.45, 7) is 12.3. The highest BCUT2D eigenvalue weighted by atomic mass is 16.6. The molecule has 125 heavy (non-hydrogen) atoms. The number of carboxylic acid groups (broad SMARTS) is 2. The molecule has 4 N–H and O–H groups in total. The van der Waals surface area contributed by atoms with E-state index < -0.39 is 23.5 Å². The molecule has 10 rings (SSSR count). The van der Waals surface area contributed by atoms with Crippen LogP contribution in [-0.4, -0.2) is 329 Å². The average Bonchev–Trinajstić information content (AvgIpc) is 1.23. The van der Waals surface area contributed by atoms with Crippen LogP contribution in [0.2, 0.25) is 0 Å². The van der Waals surface area contributed by atoms with Crippen molar-refractivity contribution in [3.8, 4) is 84.8 Å². The lowest BCUT2D eigenvalue weighted by molar-refractivity contribution is -0.178. The Bertz CT molecular complexity index is 4480. The molecule has 1 aliphatic carbocycles. The zero-order valence-corrected chi connectivity index (χ0v) is 72.4. The summed E-state index contributed by atoms with van der Waals surface area (Å²) in [6.07, 6.45) is 6.83. The largest absolute Gasteiger partial charge is 0.490 e. The van der Waals surface area contributed by atoms with Gasteiger partial charge in [0.2, 0.25) is 0 Å². The van der Waals surface area contributed by atoms with Crippen LogP contribution in [0, 0.1) is 5.41 Å². The first-order valence-corrected chi connectivity index (χ1v) is 42.0. The Morgan fingerprint density at radius 1 is 0.288 bits per heavy atom. The molecule has 7 aromatic rings. The summed E-state index contributed by atoms with van der Waals surface area (Å²) >= 11 is 0. The van der Waals surface area contributed by atoms with Crippen LogP contribution in [0.1, 0.15) is 35.6 Å². The minimum Gasteiger partial charge on any atom is -0.490 e. The predicted octanol–water partition coefficient (Wildman–Crippen LogP) is 11.4. The summed E-state index contributed by atoms with van der Waals surface area (Å²) in [5.41, 5.74) is 8.44. The van der Waals surface area contributed by atoms with Crippen molar-refractivity contribution in [2.75, 3.05) is 281 Å². The van der Waals surface area contributed by atoms with Gasteiger partial charge in [-0.15, -0.1) is 0 Å². The first-order valence-electron chi connectivity index (χ1n) is 42.0. The van der Waals surface area contributed by atoms with Crippen molar-refractivity contribution in [2.45, 2.75) is 18.9 Å². The second kappa shape index (κ2) is 55.7. The van der Waals surface area contributed by atoms with Gasteiger partial charge < -0.3 is 139 Å². The van der Waals surface area contributed by atoms with E-state index in [9.17, 15) is 19.8 Å². The van der Waals surface area contributed by atoms with Crippen molar-refractivity contribution in [3.63, 3.8) is 0 Å². The van der Waals surface area contributed by atoms with Crippen LogP contribution in [-0.2, 0) is 94.9 Å². The highest BCUT2D eigenvalue weighted by molar-refractivity contribution is 6.01. The summed E-state index contributed by atoms with van der Waals surface area (Å²) in [5.74, 6) is 0.229. The number of rotatable bonds is 68. The number of hydrogen-bond donors (Lipinski definition) is 4. The monoisotopic (exact) mass is 1740 g/mol. The van der Waals surface area contributed by atoms with E-state index in [1.165, 1.54) is 0 Å². The van der Waals surface area contributed by atoms with Crippen molar-refractivity contribution in [1.29, 1.82) is 0 Å². The molecule has 3 aliphatic rings. The number of ether oxygens (including phenoxy) is 25. The smallest absolute Gasteiger partial charge is 0.321 e. The van der Waals surface area contributed by atoms with Crippen molar-refractivity contribution in [2.24, 2.45) is 5.41 Å². The number of carboxylic acids is 2. The number of aromatic amines is 2. The van der Waals surface area contributed by atoms with E-state index in [2.05, 4.69) is 9.97 Å². The van der Waals surface area contributed by atoms with E-state index in [1.54, 1.807) is 54.8 Å². The van der Waals surface area contributed by atoms with Crippen LogP contribution in [0.5, 0.6) is 40.2 Å². The molecular formula is C92H120N4O29. The number of fused-ring (bicyclic) bond motifs is 8. The molecule has 5 heterocycles. The maximum Gasteiger partial charge on any atom is 0.321 e. The maximum atomic E-state index is 12.2. The van der Waals surface area contributed by atoms with Gasteiger partial charge in [-0.2, -0.15) is 0 Å². The van der Waals surface area contributed by atoms with Gasteiger partial charge in [-0.25, -0.2) is 9.97 Å². The van der Waals surface area contributed by atoms with Crippen LogP contribution in [0.3, 0.4) is 0 Å². The van der Waals surface area contributed by atoms with E-state index in [0.29, 0.717) is 288 Å². The Kier molecular flexibility index (Phi) is 43.4. The Balaban J connectivity index is 1.16. The number of aliphatic carboxylic acids is 2. The van der Waals surface area contributed by atoms with Crippen LogP contribution in [0.4, 0.5) is 0 Å². The molecule has 0 atom stereocenters. The summed E-state index contributed by atoms with van der Waals surface area (Å²) in [5, 5.41) is 19.9. The third kappa shape index (κ3) is 31.1. The van der Waals surface area contributed by atoms with Gasteiger partial charge >= 0.3 is 11.9 Å². The van der Waals surface area contributed by atoms with Gasteiger partial charge in [0.1, 0.15) is 51.5 Å². The molecule has 2 aliphatic heterocycles. The average molecular weight is 1750 g/mol. The number of nitrogens with one attached hydrogen (secondary N) is 2. The molecule has 0 spiro atoms. The molecule has 1 fully saturated rings. The number of H-pyrrole nitrogens is 2. The summed E-state index contributed by atoms with van der Waals surface area (Å²) in [7, 11) is 9.74. The fourth-order valence-corrected chi connectivity index (χ4v) is 13.3. The summed E-state index contributed by atoms with van der Waals surface area (Å²) < 4.78 is 146. The lowest BCUT2D eigenvalue weighted by atomic mass is 9.66. The molecule has 1 saturated carbocycles. The molecule has 682 valence electrons. The number of methoxy groups -OCH3 is 6. The van der Waals surface area contributed by atoms with Gasteiger partial charge in [-0.3, -0.25) is 9.59 Å². The van der Waals surface area contributed by atoms with E-state index in [1.807, 2.05) is 115 Å². The molecular weight excluding hydrogens is 1630 g/mol. The predicted molar refractivity (Wildman–Crippen MR) is 466 cm³/mol. The Labute approximate surface area is 728 Å². The van der Waals surface area contributed by atoms with Gasteiger partial charge in [-0.1, -0.05) is 30.3 Å². The minimum absolute atomic E-state index is 0.152. The second-order valence-corrected chi connectivity index (χ2v) is 28.2. The molecule has 0 unspecified atom stereocenters. The van der Waals surface area contributed by atoms with Gasteiger partial charge in [0.15, 0.2) is 39.9 Å². The second-order valence-electron chi connectivity index (χ2n) is 28.2. The van der Waals surface area contributed by atoms with Crippen molar-refractivity contribution < 1.29 is 138 Å². The zero-order valence-electron chi connectivity index (χ0n) is 72.4. The number of hydrogen-bond acceptors (Lipinski definition) is 29. The minimum atomic E-state index is -1.94. The first-order chi connectivity index (χ1) is 61.5. The van der Waals surface area contributed by atoms with Crippen LogP contribution in [0.15, 0.2) is 103 Å². The number of nitrogens with zero attached hydrogens (tertiary/aromatic N) is 2. The van der Waals surface area contributed by atoms with Gasteiger partial charge in [0.25, 0.3) is 0 Å². The van der Waals surface area contributed by atoms with Crippen LogP contribution in [0.25, 0.3) is 90.9 Å². The Hall–Kier alpha value is -9.70. The van der Waals surface area contributed by atoms with Gasteiger partial charge in [0.05, 0.1) is 221 Å². The maximum absolute atomic E-state index is 12.2. The van der Waals surface area contributed by atoms with Crippen LogP contribution < -0.4 is 33.2 Å². The lowest BCUT2D eigenvalue weighted by Gasteiger charge is -2.40. The first kappa shape index (κ1) is 97.5. The topological polar surface area (TPSA) is 363 Å². The number of benzene rings is 4. The molecule has 33 heteroatoms. The van der Waals surface area contributed by atoms with Crippen molar-refractivity contribution >= 4 is 58.3 Å². The van der Waals surface area contributed by atoms with E-state index in [-0.39, 0.29) is 92.1 Å². The molecule has 8 bridgehead atoms. The zero-order chi connectivity index (χ0) is 87.7. The highest BCUT2D eigenvalue weighted by Gasteiger charge is 2.58. The van der Waals surface area contributed by atoms with E-state index >= 15 is 0 Å². The quantitative estimate of drug-likeness (QED) is 0.0203. The Morgan fingerprint density at radius 2 is 0.504 bits per heavy atom. The third-order valence-electron chi connectivity index (χ3n) is 19.6. The summed E-state index contributed by atoms with van der Waals surface area (Å²) in [4.78, 5) is 43.5. The molecule has 33 nitrogen and oxygen atoms in total. The number of carbonyl (C=O) groups is 2. The highest BCUT2D eigenvalue weighted by Crippen LogP contribution is 2.46. The molecule has 0 radical (unpaired) electrons. The molecule has 0 saturated heterocycles. The third-order valence-corrected chi connectivity index (χ3v) is 19.6. The summed E-state index contributed by atoms with van der Waals surface area (Å²) in [6, 6.07) is 32.6. The van der Waals surface area contributed by atoms with Crippen molar-refractivity contribution in [1.82, 2.24) is 19.9 Å². The Morgan fingerprint density at radius 3 is 0.744 bits per heavy atom. The molecule has 3 aromatic heterocycles. The number of aromatic nitrogens is 4. The van der Waals surface area contributed by atoms with E-state index in [0.717, 1.165) is 0 Å². The van der Waals surface area contributed by atoms with Gasteiger partial charge in [0, 0.05) is 99.8 Å². The normalized spacial score (nSPS) is 12.9. The molecule has 4 aromatic carbocycles. The standard InChI is InChI=1S/C92H120N4O29/c1-101-25-31-107-37-43-113-49-55-119-80-22-9-67(61-83(80)122-58-52-116-46-40-110-34-28-104-4)87-74-16-14-72(93-74)86(66-7-12-70(13-8-66)125-71-64-92(65-71,90(97)98)91(99)100)73-15-17-75(94-73)88(68-10-23-81(120-56-50-114-44-38-108-32-26-102-2)84(62-68)123-59-53-117-47-41-111-35-29-105-5)77-19-21-79(96-77)89(78-20-18-76(87)95-78)69-11-24-82(121-57-51-115-45-39-109-33-27-103-3)85(63-69)124-60-54-118-48-42-112-36-30-106-6/h7-24,61-63,71,93,96H,25-60,64-65H2,1-6H3,(H,97,98)(H,99,100). The fourth-order valence-electron chi connectivity index (χ4n) is 13.3. The lowest BCUT2D eigenvalue weighted by Crippen LogP contribution is -2.54. The fraction of sp³-hybridized carbons (Fsp3) is 0.500. The van der Waals surface area contributed by atoms with Crippen LogP contribution >= 0.6 is 0 Å². The van der Waals surface area contributed by atoms with Crippen molar-refractivity contribution in [3.05, 3.63) is 126 Å². The van der Waals surface area contributed by atoms with Gasteiger partial charge in [-0.05, 0) is 119 Å². The SMILES string of the molecule is COCCOCCOCCOc1ccc(-c2c3nc(c(-c4ccc(OCCOCCOCCOC)c(OCCOCCOCCOC)c4)c4ccc([nH]4)c(-c4ccc(OCCOCCOCCOC)c(OCCOCCOCCOC)c4)c4nc(c(-c5ccc(OC6CC(C(=O)O)(C(=O)O)C6)cc5)c5ccc2[nH]5)C=C4)C=C3)cc1OCCOCCOCCOC. The van der Waals surface area contributed by atoms with E-state index in [4.69, 9.17) is 128 Å². The molecule has 0 amide bonds.